The van der Waals surface area contributed by atoms with Crippen molar-refractivity contribution in [2.75, 3.05) is 25.6 Å². The molecular weight excluding hydrogens is 385 g/mol. The van der Waals surface area contributed by atoms with Gasteiger partial charge in [-0.25, -0.2) is 4.79 Å². The van der Waals surface area contributed by atoms with Gasteiger partial charge >= 0.3 is 12.1 Å². The van der Waals surface area contributed by atoms with Gasteiger partial charge in [0.05, 0.1) is 37.6 Å². The molecule has 1 aromatic heterocycles. The quantitative estimate of drug-likeness (QED) is 0.671. The monoisotopic (exact) mass is 408 g/mol. The summed E-state index contributed by atoms with van der Waals surface area (Å²) >= 11 is 0. The van der Waals surface area contributed by atoms with E-state index in [1.54, 1.807) is 18.3 Å². The van der Waals surface area contributed by atoms with Crippen molar-refractivity contribution in [2.45, 2.75) is 37.8 Å². The minimum absolute atomic E-state index is 0.216. The van der Waals surface area contributed by atoms with Crippen molar-refractivity contribution in [1.82, 2.24) is 4.98 Å². The second-order valence-electron chi connectivity index (χ2n) is 6.96. The van der Waals surface area contributed by atoms with Gasteiger partial charge in [-0.2, -0.15) is 13.2 Å². The van der Waals surface area contributed by atoms with Gasteiger partial charge in [-0.05, 0) is 48.6 Å². The Morgan fingerprint density at radius 2 is 2.14 bits per heavy atom. The van der Waals surface area contributed by atoms with Crippen LogP contribution in [0.1, 0.15) is 46.7 Å². The maximum absolute atomic E-state index is 12.3. The van der Waals surface area contributed by atoms with Crippen LogP contribution in [0, 0.1) is 0 Å². The Bertz CT molecular complexity index is 855. The van der Waals surface area contributed by atoms with Crippen molar-refractivity contribution in [3.05, 3.63) is 53.3 Å². The van der Waals surface area contributed by atoms with Crippen LogP contribution in [-0.2, 0) is 11.2 Å². The van der Waals surface area contributed by atoms with Gasteiger partial charge in [0, 0.05) is 18.7 Å². The number of nitrogens with one attached hydrogen (secondary N) is 1. The van der Waals surface area contributed by atoms with Gasteiger partial charge < -0.3 is 14.8 Å². The van der Waals surface area contributed by atoms with Crippen molar-refractivity contribution < 1.29 is 27.4 Å². The molecule has 2 aromatic rings. The number of nitrogens with zero attached hydrogens (tertiary/aromatic N) is 1. The molecule has 0 bridgehead atoms. The second kappa shape index (κ2) is 9.15. The Balaban J connectivity index is 1.66. The van der Waals surface area contributed by atoms with E-state index in [0.29, 0.717) is 23.5 Å². The van der Waals surface area contributed by atoms with Gasteiger partial charge in [-0.3, -0.25) is 4.98 Å². The van der Waals surface area contributed by atoms with E-state index in [9.17, 15) is 18.0 Å². The molecule has 0 saturated heterocycles. The molecule has 8 heteroatoms. The number of methoxy groups -OCH3 is 1. The molecule has 1 aromatic carbocycles. The highest BCUT2D eigenvalue weighted by molar-refractivity contribution is 5.95. The van der Waals surface area contributed by atoms with Gasteiger partial charge in [0.1, 0.15) is 5.75 Å². The SMILES string of the molecule is COC(=O)c1ccncc1NCC1CCCc2cc(OCCC(F)(F)F)ccc21. The van der Waals surface area contributed by atoms with E-state index in [0.717, 1.165) is 30.4 Å². The van der Waals surface area contributed by atoms with Crippen LogP contribution in [0.25, 0.3) is 0 Å². The summed E-state index contributed by atoms with van der Waals surface area (Å²) in [5, 5.41) is 3.29. The summed E-state index contributed by atoms with van der Waals surface area (Å²) in [6.07, 6.45) is 0.749. The zero-order valence-corrected chi connectivity index (χ0v) is 16.1. The maximum atomic E-state index is 12.3. The number of halogens is 3. The molecule has 3 rings (SSSR count). The van der Waals surface area contributed by atoms with Gasteiger partial charge in [0.15, 0.2) is 0 Å². The largest absolute Gasteiger partial charge is 0.493 e. The lowest BCUT2D eigenvalue weighted by molar-refractivity contribution is -0.139. The number of aromatic nitrogens is 1. The molecule has 29 heavy (non-hydrogen) atoms. The van der Waals surface area contributed by atoms with Crippen LogP contribution in [0.15, 0.2) is 36.7 Å². The molecule has 0 fully saturated rings. The molecule has 1 heterocycles. The maximum Gasteiger partial charge on any atom is 0.392 e. The molecule has 1 atom stereocenters. The number of pyridine rings is 1. The Labute approximate surface area is 167 Å². The van der Waals surface area contributed by atoms with Gasteiger partial charge in [-0.1, -0.05) is 6.07 Å². The van der Waals surface area contributed by atoms with Gasteiger partial charge in [0.25, 0.3) is 0 Å². The first-order valence-corrected chi connectivity index (χ1v) is 9.46. The van der Waals surface area contributed by atoms with Crippen molar-refractivity contribution in [2.24, 2.45) is 0 Å². The number of ether oxygens (including phenoxy) is 2. The van der Waals surface area contributed by atoms with Crippen LogP contribution < -0.4 is 10.1 Å². The number of carbonyl (C=O) groups excluding carboxylic acids is 1. The fourth-order valence-corrected chi connectivity index (χ4v) is 3.53. The van der Waals surface area contributed by atoms with Crippen molar-refractivity contribution in [3.63, 3.8) is 0 Å². The first kappa shape index (κ1) is 21.0. The predicted octanol–water partition coefficient (Wildman–Crippen LogP) is 4.73. The summed E-state index contributed by atoms with van der Waals surface area (Å²) < 4.78 is 46.9. The number of hydrogen-bond donors (Lipinski definition) is 1. The van der Waals surface area contributed by atoms with E-state index in [4.69, 9.17) is 9.47 Å². The van der Waals surface area contributed by atoms with E-state index in [1.165, 1.54) is 13.3 Å². The molecule has 1 N–H and O–H groups in total. The topological polar surface area (TPSA) is 60.5 Å². The van der Waals surface area contributed by atoms with E-state index < -0.39 is 18.6 Å². The molecule has 1 unspecified atom stereocenters. The number of esters is 1. The number of aryl methyl sites for hydroxylation is 1. The molecule has 156 valence electrons. The Morgan fingerprint density at radius 3 is 2.90 bits per heavy atom. The molecule has 1 aliphatic carbocycles. The number of hydrogen-bond acceptors (Lipinski definition) is 5. The van der Waals surface area contributed by atoms with Crippen molar-refractivity contribution in [1.29, 1.82) is 0 Å². The van der Waals surface area contributed by atoms with Crippen LogP contribution in [-0.4, -0.2) is 37.4 Å². The summed E-state index contributed by atoms with van der Waals surface area (Å²) in [4.78, 5) is 16.0. The Kier molecular flexibility index (Phi) is 6.61. The lowest BCUT2D eigenvalue weighted by atomic mass is 9.82. The summed E-state index contributed by atoms with van der Waals surface area (Å²) in [5.41, 5.74) is 3.27. The summed E-state index contributed by atoms with van der Waals surface area (Å²) in [7, 11) is 1.33. The first-order chi connectivity index (χ1) is 13.9. The number of benzene rings is 1. The fourth-order valence-electron chi connectivity index (χ4n) is 3.53. The molecule has 0 saturated carbocycles. The molecule has 0 amide bonds. The van der Waals surface area contributed by atoms with E-state index in [1.807, 2.05) is 12.1 Å². The normalized spacial score (nSPS) is 16.1. The third kappa shape index (κ3) is 5.62. The number of rotatable bonds is 7. The highest BCUT2D eigenvalue weighted by Crippen LogP contribution is 2.34. The number of fused-ring (bicyclic) bond motifs is 1. The third-order valence-electron chi connectivity index (χ3n) is 4.97. The van der Waals surface area contributed by atoms with Crippen LogP contribution in [0.4, 0.5) is 18.9 Å². The molecule has 0 spiro atoms. The fraction of sp³-hybridized carbons (Fsp3) is 0.429. The molecule has 0 radical (unpaired) electrons. The van der Waals surface area contributed by atoms with Gasteiger partial charge in [-0.15, -0.1) is 0 Å². The van der Waals surface area contributed by atoms with Crippen LogP contribution in [0.3, 0.4) is 0 Å². The number of anilines is 1. The van der Waals surface area contributed by atoms with Crippen molar-refractivity contribution >= 4 is 11.7 Å². The average Bonchev–Trinajstić information content (AvgIpc) is 2.70. The van der Waals surface area contributed by atoms with E-state index in [-0.39, 0.29) is 12.5 Å². The zero-order chi connectivity index (χ0) is 20.9. The van der Waals surface area contributed by atoms with E-state index in [2.05, 4.69) is 10.3 Å². The molecule has 5 nitrogen and oxygen atoms in total. The van der Waals surface area contributed by atoms with Crippen LogP contribution in [0.2, 0.25) is 0 Å². The van der Waals surface area contributed by atoms with Crippen molar-refractivity contribution in [3.8, 4) is 5.75 Å². The minimum Gasteiger partial charge on any atom is -0.493 e. The predicted molar refractivity (Wildman–Crippen MR) is 102 cm³/mol. The lowest BCUT2D eigenvalue weighted by Crippen LogP contribution is -2.19. The van der Waals surface area contributed by atoms with Gasteiger partial charge in [0.2, 0.25) is 0 Å². The summed E-state index contributed by atoms with van der Waals surface area (Å²) in [5.74, 6) is 0.245. The molecular formula is C21H23F3N2O3. The van der Waals surface area contributed by atoms with Crippen LogP contribution >= 0.6 is 0 Å². The smallest absolute Gasteiger partial charge is 0.392 e. The average molecular weight is 408 g/mol. The summed E-state index contributed by atoms with van der Waals surface area (Å²) in [6.45, 7) is 0.224. The summed E-state index contributed by atoms with van der Waals surface area (Å²) in [6, 6.07) is 7.08. The third-order valence-corrected chi connectivity index (χ3v) is 4.97. The van der Waals surface area contributed by atoms with E-state index >= 15 is 0 Å². The minimum atomic E-state index is -4.22. The number of carbonyl (C=O) groups is 1. The molecule has 0 aliphatic heterocycles. The lowest BCUT2D eigenvalue weighted by Gasteiger charge is -2.27. The van der Waals surface area contributed by atoms with Crippen LogP contribution in [0.5, 0.6) is 5.75 Å². The highest BCUT2D eigenvalue weighted by Gasteiger charge is 2.27. The standard InChI is InChI=1S/C21H23F3N2O3/c1-28-20(27)18-7-9-25-13-19(18)26-12-15-4-2-3-14-11-16(5-6-17(14)15)29-10-8-21(22,23)24/h5-7,9,11,13,15,26H,2-4,8,10,12H2,1H3. The Hall–Kier alpha value is -2.77. The second-order valence-corrected chi connectivity index (χ2v) is 6.96. The number of alkyl halides is 3. The highest BCUT2D eigenvalue weighted by atomic mass is 19.4. The first-order valence-electron chi connectivity index (χ1n) is 9.46. The zero-order valence-electron chi connectivity index (χ0n) is 16.1. The Morgan fingerprint density at radius 1 is 1.31 bits per heavy atom. The molecule has 1 aliphatic rings.